The standard InChI is InChI=1S/C27H18O8/c1-31-27(30)15-4-2-14(3-5-15)10-22-25(29)17-7-9-20-24(26(17)35-22)18(12-23(28)34-20)16-6-8-19-21(11-16)33-13-32-19/h2-11,18H,12-13H2,1H3/b22-10-/t18-/m0/s1. The topological polar surface area (TPSA) is 97.4 Å². The highest BCUT2D eigenvalue weighted by Gasteiger charge is 2.39. The zero-order valence-electron chi connectivity index (χ0n) is 18.5. The van der Waals surface area contributed by atoms with Gasteiger partial charge in [0, 0.05) is 11.5 Å². The van der Waals surface area contributed by atoms with Crippen molar-refractivity contribution in [2.24, 2.45) is 0 Å². The molecule has 3 heterocycles. The van der Waals surface area contributed by atoms with Crippen molar-refractivity contribution in [2.75, 3.05) is 13.9 Å². The van der Waals surface area contributed by atoms with Gasteiger partial charge < -0.3 is 23.7 Å². The summed E-state index contributed by atoms with van der Waals surface area (Å²) in [6.45, 7) is 0.143. The quantitative estimate of drug-likeness (QED) is 0.318. The Morgan fingerprint density at radius 3 is 2.51 bits per heavy atom. The minimum Gasteiger partial charge on any atom is -0.465 e. The van der Waals surface area contributed by atoms with Crippen molar-refractivity contribution in [3.05, 3.63) is 88.2 Å². The molecule has 0 saturated carbocycles. The predicted molar refractivity (Wildman–Crippen MR) is 122 cm³/mol. The van der Waals surface area contributed by atoms with E-state index in [-0.39, 0.29) is 36.6 Å². The Kier molecular flexibility index (Phi) is 4.81. The maximum Gasteiger partial charge on any atom is 0.337 e. The molecule has 3 aromatic carbocycles. The van der Waals surface area contributed by atoms with E-state index >= 15 is 0 Å². The average Bonchev–Trinajstić information content (AvgIpc) is 3.47. The van der Waals surface area contributed by atoms with Crippen LogP contribution < -0.4 is 18.9 Å². The highest BCUT2D eigenvalue weighted by molar-refractivity contribution is 6.15. The van der Waals surface area contributed by atoms with Crippen LogP contribution in [0.4, 0.5) is 0 Å². The molecule has 3 aromatic rings. The molecule has 0 spiro atoms. The fourth-order valence-electron chi connectivity index (χ4n) is 4.51. The first-order chi connectivity index (χ1) is 17.0. The summed E-state index contributed by atoms with van der Waals surface area (Å²) in [5.74, 6) is 0.638. The molecule has 0 radical (unpaired) electrons. The number of esters is 2. The second kappa shape index (κ2) is 8.02. The van der Waals surface area contributed by atoms with Gasteiger partial charge in [0.2, 0.25) is 12.6 Å². The number of fused-ring (bicyclic) bond motifs is 4. The van der Waals surface area contributed by atoms with Gasteiger partial charge in [-0.05, 0) is 53.6 Å². The van der Waals surface area contributed by atoms with Crippen LogP contribution in [0, 0.1) is 0 Å². The van der Waals surface area contributed by atoms with Crippen molar-refractivity contribution in [3.8, 4) is 23.0 Å². The van der Waals surface area contributed by atoms with Crippen molar-refractivity contribution in [1.82, 2.24) is 0 Å². The highest BCUT2D eigenvalue weighted by atomic mass is 16.7. The number of allylic oxidation sites excluding steroid dienone is 1. The first-order valence-corrected chi connectivity index (χ1v) is 10.9. The number of Topliss-reactive ketones (excluding diaryl/α,β-unsaturated/α-hetero) is 1. The van der Waals surface area contributed by atoms with E-state index in [1.165, 1.54) is 7.11 Å². The number of methoxy groups -OCH3 is 1. The molecule has 0 N–H and O–H groups in total. The smallest absolute Gasteiger partial charge is 0.337 e. The Morgan fingerprint density at radius 2 is 1.71 bits per heavy atom. The number of carbonyl (C=O) groups excluding carboxylic acids is 3. The summed E-state index contributed by atoms with van der Waals surface area (Å²) in [5.41, 5.74) is 2.94. The second-order valence-corrected chi connectivity index (χ2v) is 8.25. The maximum atomic E-state index is 13.2. The Labute approximate surface area is 199 Å². The summed E-state index contributed by atoms with van der Waals surface area (Å²) in [6.07, 6.45) is 1.70. The van der Waals surface area contributed by atoms with Gasteiger partial charge in [0.15, 0.2) is 17.3 Å². The normalized spacial score (nSPS) is 18.5. The largest absolute Gasteiger partial charge is 0.465 e. The fraction of sp³-hybridized carbons (Fsp3) is 0.148. The molecule has 3 aliphatic rings. The van der Waals surface area contributed by atoms with Crippen LogP contribution in [0.1, 0.15) is 49.7 Å². The molecule has 0 unspecified atom stereocenters. The van der Waals surface area contributed by atoms with E-state index < -0.39 is 5.97 Å². The van der Waals surface area contributed by atoms with Gasteiger partial charge in [0.25, 0.3) is 0 Å². The molecule has 3 aliphatic heterocycles. The van der Waals surface area contributed by atoms with Crippen LogP contribution in [-0.4, -0.2) is 31.6 Å². The highest BCUT2D eigenvalue weighted by Crippen LogP contribution is 2.50. The number of hydrogen-bond donors (Lipinski definition) is 0. The van der Waals surface area contributed by atoms with E-state index in [0.717, 1.165) is 5.56 Å². The fourth-order valence-corrected chi connectivity index (χ4v) is 4.51. The van der Waals surface area contributed by atoms with Crippen molar-refractivity contribution >= 4 is 23.8 Å². The number of rotatable bonds is 3. The molecular formula is C27H18O8. The van der Waals surface area contributed by atoms with E-state index in [4.69, 9.17) is 23.7 Å². The molecular weight excluding hydrogens is 452 g/mol. The lowest BCUT2D eigenvalue weighted by Crippen LogP contribution is -2.21. The summed E-state index contributed by atoms with van der Waals surface area (Å²) in [6, 6.07) is 15.4. The van der Waals surface area contributed by atoms with Crippen molar-refractivity contribution in [1.29, 1.82) is 0 Å². The van der Waals surface area contributed by atoms with E-state index in [1.54, 1.807) is 48.5 Å². The van der Waals surface area contributed by atoms with Gasteiger partial charge in [-0.2, -0.15) is 0 Å². The molecule has 8 heteroatoms. The average molecular weight is 470 g/mol. The van der Waals surface area contributed by atoms with Crippen LogP contribution in [-0.2, 0) is 9.53 Å². The number of hydrogen-bond acceptors (Lipinski definition) is 8. The van der Waals surface area contributed by atoms with Gasteiger partial charge in [0.1, 0.15) is 11.5 Å². The number of ether oxygens (including phenoxy) is 5. The predicted octanol–water partition coefficient (Wildman–Crippen LogP) is 4.26. The summed E-state index contributed by atoms with van der Waals surface area (Å²) in [5, 5.41) is 0. The summed E-state index contributed by atoms with van der Waals surface area (Å²) < 4.78 is 27.2. The minimum atomic E-state index is -0.444. The van der Waals surface area contributed by atoms with Gasteiger partial charge in [0.05, 0.1) is 24.7 Å². The van der Waals surface area contributed by atoms with Crippen LogP contribution >= 0.6 is 0 Å². The first-order valence-electron chi connectivity index (χ1n) is 10.9. The molecule has 8 nitrogen and oxygen atoms in total. The lowest BCUT2D eigenvalue weighted by molar-refractivity contribution is -0.135. The van der Waals surface area contributed by atoms with Crippen molar-refractivity contribution < 1.29 is 38.1 Å². The van der Waals surface area contributed by atoms with Gasteiger partial charge in [-0.15, -0.1) is 0 Å². The van der Waals surface area contributed by atoms with Crippen molar-refractivity contribution in [3.63, 3.8) is 0 Å². The zero-order chi connectivity index (χ0) is 24.1. The van der Waals surface area contributed by atoms with Crippen LogP contribution in [0.15, 0.2) is 60.4 Å². The molecule has 0 amide bonds. The Balaban J connectivity index is 1.39. The zero-order valence-corrected chi connectivity index (χ0v) is 18.5. The number of ketones is 1. The molecule has 174 valence electrons. The van der Waals surface area contributed by atoms with Crippen LogP contribution in [0.25, 0.3) is 6.08 Å². The third kappa shape index (κ3) is 3.50. The van der Waals surface area contributed by atoms with E-state index in [1.807, 2.05) is 12.1 Å². The van der Waals surface area contributed by atoms with Crippen LogP contribution in [0.5, 0.6) is 23.0 Å². The monoisotopic (exact) mass is 470 g/mol. The molecule has 0 saturated heterocycles. The molecule has 0 aliphatic carbocycles. The summed E-state index contributed by atoms with van der Waals surface area (Å²) in [4.78, 5) is 37.2. The van der Waals surface area contributed by atoms with E-state index in [0.29, 0.717) is 45.3 Å². The molecule has 0 fully saturated rings. The van der Waals surface area contributed by atoms with Crippen LogP contribution in [0.2, 0.25) is 0 Å². The maximum absolute atomic E-state index is 13.2. The third-order valence-corrected chi connectivity index (χ3v) is 6.21. The third-order valence-electron chi connectivity index (χ3n) is 6.21. The summed E-state index contributed by atoms with van der Waals surface area (Å²) >= 11 is 0. The molecule has 1 atom stereocenters. The Bertz CT molecular complexity index is 1430. The Hall–Kier alpha value is -4.59. The van der Waals surface area contributed by atoms with Gasteiger partial charge >= 0.3 is 11.9 Å². The van der Waals surface area contributed by atoms with Gasteiger partial charge in [-0.25, -0.2) is 4.79 Å². The number of benzene rings is 3. The SMILES string of the molecule is COC(=O)c1ccc(/C=C2\Oc3c(ccc4c3[C@H](c3ccc5c(c3)OCO5)CC(=O)O4)C2=O)cc1. The van der Waals surface area contributed by atoms with E-state index in [9.17, 15) is 14.4 Å². The number of carbonyl (C=O) groups is 3. The molecule has 0 aromatic heterocycles. The van der Waals surface area contributed by atoms with Crippen LogP contribution in [0.3, 0.4) is 0 Å². The summed E-state index contributed by atoms with van der Waals surface area (Å²) in [7, 11) is 1.31. The second-order valence-electron chi connectivity index (χ2n) is 8.25. The van der Waals surface area contributed by atoms with Gasteiger partial charge in [-0.3, -0.25) is 9.59 Å². The first kappa shape index (κ1) is 21.0. The molecule has 35 heavy (non-hydrogen) atoms. The minimum absolute atomic E-state index is 0.0919. The molecule has 6 rings (SSSR count). The lowest BCUT2D eigenvalue weighted by Gasteiger charge is -2.26. The van der Waals surface area contributed by atoms with E-state index in [2.05, 4.69) is 0 Å². The molecule has 0 bridgehead atoms. The lowest BCUT2D eigenvalue weighted by atomic mass is 9.84. The van der Waals surface area contributed by atoms with Gasteiger partial charge in [-0.1, -0.05) is 18.2 Å². The van der Waals surface area contributed by atoms with Crippen molar-refractivity contribution in [2.45, 2.75) is 12.3 Å². The Morgan fingerprint density at radius 1 is 0.943 bits per heavy atom.